The zero-order valence-electron chi connectivity index (χ0n) is 10.1. The van der Waals surface area contributed by atoms with Gasteiger partial charge < -0.3 is 5.32 Å². The van der Waals surface area contributed by atoms with Crippen molar-refractivity contribution in [3.63, 3.8) is 0 Å². The number of nitrogens with one attached hydrogen (secondary N) is 1. The van der Waals surface area contributed by atoms with Crippen molar-refractivity contribution in [2.24, 2.45) is 7.05 Å². The van der Waals surface area contributed by atoms with Gasteiger partial charge in [-0.2, -0.15) is 5.10 Å². The van der Waals surface area contributed by atoms with E-state index in [4.69, 9.17) is 0 Å². The summed E-state index contributed by atoms with van der Waals surface area (Å²) < 4.78 is 5.75. The fraction of sp³-hybridized carbons (Fsp3) is 0.545. The first kappa shape index (κ1) is 12.2. The molecule has 0 saturated heterocycles. The normalized spacial score (nSPS) is 12.8. The SMILES string of the molecule is CCCNC(Cc1cnn(C)c1)c1csnn1. The maximum Gasteiger partial charge on any atom is 0.0928 e. The molecule has 17 heavy (non-hydrogen) atoms. The van der Waals surface area contributed by atoms with Gasteiger partial charge >= 0.3 is 0 Å². The second-order valence-electron chi connectivity index (χ2n) is 4.06. The minimum atomic E-state index is 0.234. The third-order valence-corrected chi connectivity index (χ3v) is 3.10. The fourth-order valence-corrected chi connectivity index (χ4v) is 2.24. The first-order valence-electron chi connectivity index (χ1n) is 5.77. The molecule has 2 aromatic heterocycles. The molecular formula is C11H17N5S. The molecule has 1 atom stereocenters. The Hall–Kier alpha value is -1.27. The summed E-state index contributed by atoms with van der Waals surface area (Å²) in [5.74, 6) is 0. The third kappa shape index (κ3) is 3.34. The van der Waals surface area contributed by atoms with E-state index in [1.807, 2.05) is 29.5 Å². The van der Waals surface area contributed by atoms with Crippen molar-refractivity contribution in [2.45, 2.75) is 25.8 Å². The minimum Gasteiger partial charge on any atom is -0.308 e. The molecule has 1 N–H and O–H groups in total. The van der Waals surface area contributed by atoms with Gasteiger partial charge in [-0.1, -0.05) is 11.4 Å². The lowest BCUT2D eigenvalue weighted by Gasteiger charge is -2.14. The number of hydrogen-bond donors (Lipinski definition) is 1. The van der Waals surface area contributed by atoms with Crippen LogP contribution in [0.15, 0.2) is 17.8 Å². The molecule has 92 valence electrons. The molecule has 2 aromatic rings. The number of aryl methyl sites for hydroxylation is 1. The Morgan fingerprint density at radius 2 is 2.41 bits per heavy atom. The van der Waals surface area contributed by atoms with Gasteiger partial charge in [0.05, 0.1) is 17.9 Å². The van der Waals surface area contributed by atoms with Gasteiger partial charge in [0.1, 0.15) is 0 Å². The summed E-state index contributed by atoms with van der Waals surface area (Å²) in [6, 6.07) is 0.234. The van der Waals surface area contributed by atoms with Crippen LogP contribution in [0.1, 0.15) is 30.6 Å². The minimum absolute atomic E-state index is 0.234. The van der Waals surface area contributed by atoms with Crippen molar-refractivity contribution in [3.8, 4) is 0 Å². The molecule has 0 aromatic carbocycles. The van der Waals surface area contributed by atoms with E-state index in [9.17, 15) is 0 Å². The molecule has 1 unspecified atom stereocenters. The molecule has 2 heterocycles. The molecule has 5 nitrogen and oxygen atoms in total. The van der Waals surface area contributed by atoms with E-state index in [1.165, 1.54) is 17.1 Å². The molecule has 0 amide bonds. The monoisotopic (exact) mass is 251 g/mol. The molecular weight excluding hydrogens is 234 g/mol. The van der Waals surface area contributed by atoms with Gasteiger partial charge in [-0.25, -0.2) is 0 Å². The van der Waals surface area contributed by atoms with Crippen molar-refractivity contribution >= 4 is 11.5 Å². The van der Waals surface area contributed by atoms with Gasteiger partial charge in [-0.15, -0.1) is 5.10 Å². The zero-order chi connectivity index (χ0) is 12.1. The highest BCUT2D eigenvalue weighted by Crippen LogP contribution is 2.17. The zero-order valence-corrected chi connectivity index (χ0v) is 10.9. The fourth-order valence-electron chi connectivity index (χ4n) is 1.74. The van der Waals surface area contributed by atoms with Gasteiger partial charge in [0.2, 0.25) is 0 Å². The van der Waals surface area contributed by atoms with E-state index in [2.05, 4.69) is 26.9 Å². The van der Waals surface area contributed by atoms with Crippen LogP contribution < -0.4 is 5.32 Å². The first-order chi connectivity index (χ1) is 8.29. The summed E-state index contributed by atoms with van der Waals surface area (Å²) in [7, 11) is 1.93. The standard InChI is InChI=1S/C11H17N5S/c1-3-4-12-10(11-8-17-15-14-11)5-9-6-13-16(2)7-9/h6-8,10,12H,3-5H2,1-2H3. The Morgan fingerprint density at radius 3 is 3.00 bits per heavy atom. The van der Waals surface area contributed by atoms with Crippen LogP contribution in [0.4, 0.5) is 0 Å². The van der Waals surface area contributed by atoms with Crippen molar-refractivity contribution in [1.29, 1.82) is 0 Å². The Balaban J connectivity index is 2.05. The Labute approximate surface area is 105 Å². The van der Waals surface area contributed by atoms with Gasteiger partial charge in [-0.3, -0.25) is 4.68 Å². The Morgan fingerprint density at radius 1 is 1.53 bits per heavy atom. The summed E-state index contributed by atoms with van der Waals surface area (Å²) in [5, 5.41) is 13.8. The quantitative estimate of drug-likeness (QED) is 0.846. The van der Waals surface area contributed by atoms with E-state index < -0.39 is 0 Å². The average molecular weight is 251 g/mol. The maximum absolute atomic E-state index is 4.19. The lowest BCUT2D eigenvalue weighted by molar-refractivity contribution is 0.516. The van der Waals surface area contributed by atoms with Crippen molar-refractivity contribution in [1.82, 2.24) is 24.7 Å². The lowest BCUT2D eigenvalue weighted by atomic mass is 10.1. The molecule has 0 aliphatic carbocycles. The van der Waals surface area contributed by atoms with Crippen LogP contribution >= 0.6 is 11.5 Å². The topological polar surface area (TPSA) is 55.6 Å². The molecule has 0 aliphatic heterocycles. The summed E-state index contributed by atoms with van der Waals surface area (Å²) in [6.45, 7) is 3.15. The summed E-state index contributed by atoms with van der Waals surface area (Å²) >= 11 is 1.40. The average Bonchev–Trinajstić information content (AvgIpc) is 2.95. The smallest absolute Gasteiger partial charge is 0.0928 e. The Kier molecular flexibility index (Phi) is 4.22. The molecule has 0 spiro atoms. The van der Waals surface area contributed by atoms with Crippen LogP contribution in [-0.2, 0) is 13.5 Å². The molecule has 0 fully saturated rings. The molecule has 6 heteroatoms. The molecule has 0 saturated carbocycles. The molecule has 0 aliphatic rings. The predicted molar refractivity (Wildman–Crippen MR) is 67.9 cm³/mol. The summed E-state index contributed by atoms with van der Waals surface area (Å²) in [5.41, 5.74) is 2.24. The van der Waals surface area contributed by atoms with Crippen molar-refractivity contribution < 1.29 is 0 Å². The highest BCUT2D eigenvalue weighted by molar-refractivity contribution is 7.03. The predicted octanol–water partition coefficient (Wildman–Crippen LogP) is 1.55. The van der Waals surface area contributed by atoms with Gasteiger partial charge in [0.25, 0.3) is 0 Å². The number of hydrogen-bond acceptors (Lipinski definition) is 5. The highest BCUT2D eigenvalue weighted by atomic mass is 32.1. The Bertz CT molecular complexity index is 436. The molecule has 2 rings (SSSR count). The second-order valence-corrected chi connectivity index (χ2v) is 4.67. The van der Waals surface area contributed by atoms with Crippen molar-refractivity contribution in [2.75, 3.05) is 6.54 Å². The van der Waals surface area contributed by atoms with Gasteiger partial charge in [0.15, 0.2) is 0 Å². The summed E-state index contributed by atoms with van der Waals surface area (Å²) in [4.78, 5) is 0. The van der Waals surface area contributed by atoms with Gasteiger partial charge in [-0.05, 0) is 36.5 Å². The number of nitrogens with zero attached hydrogens (tertiary/aromatic N) is 4. The number of aromatic nitrogens is 4. The van der Waals surface area contributed by atoms with Crippen LogP contribution in [0.5, 0.6) is 0 Å². The first-order valence-corrected chi connectivity index (χ1v) is 6.61. The van der Waals surface area contributed by atoms with Crippen LogP contribution in [0, 0.1) is 0 Å². The highest BCUT2D eigenvalue weighted by Gasteiger charge is 2.14. The van der Waals surface area contributed by atoms with E-state index >= 15 is 0 Å². The van der Waals surface area contributed by atoms with Crippen LogP contribution in [0.3, 0.4) is 0 Å². The van der Waals surface area contributed by atoms with E-state index in [0.717, 1.165) is 25.1 Å². The molecule has 0 bridgehead atoms. The van der Waals surface area contributed by atoms with Crippen molar-refractivity contribution in [3.05, 3.63) is 29.0 Å². The lowest BCUT2D eigenvalue weighted by Crippen LogP contribution is -2.24. The second kappa shape index (κ2) is 5.88. The summed E-state index contributed by atoms with van der Waals surface area (Å²) in [6.07, 6.45) is 5.96. The largest absolute Gasteiger partial charge is 0.308 e. The van der Waals surface area contributed by atoms with Crippen LogP contribution in [0.25, 0.3) is 0 Å². The van der Waals surface area contributed by atoms with E-state index in [-0.39, 0.29) is 6.04 Å². The van der Waals surface area contributed by atoms with Crippen LogP contribution in [0.2, 0.25) is 0 Å². The third-order valence-electron chi connectivity index (χ3n) is 2.57. The molecule has 0 radical (unpaired) electrons. The van der Waals surface area contributed by atoms with E-state index in [1.54, 1.807) is 0 Å². The van der Waals surface area contributed by atoms with Gasteiger partial charge in [0, 0.05) is 18.6 Å². The maximum atomic E-state index is 4.19. The number of rotatable bonds is 6. The van der Waals surface area contributed by atoms with Crippen LogP contribution in [-0.4, -0.2) is 25.9 Å². The van der Waals surface area contributed by atoms with E-state index in [0.29, 0.717) is 0 Å².